The van der Waals surface area contributed by atoms with Gasteiger partial charge in [-0.2, -0.15) is 0 Å². The molecule has 4 bridgehead atoms. The Hall–Kier alpha value is -1.39. The van der Waals surface area contributed by atoms with E-state index in [-0.39, 0.29) is 41.1 Å². The van der Waals surface area contributed by atoms with Crippen molar-refractivity contribution < 1.29 is 23.9 Å². The van der Waals surface area contributed by atoms with E-state index in [9.17, 15) is 14.4 Å². The number of esters is 3. The van der Waals surface area contributed by atoms with Crippen molar-refractivity contribution in [3.05, 3.63) is 0 Å². The summed E-state index contributed by atoms with van der Waals surface area (Å²) < 4.78 is 10.1. The Labute approximate surface area is 154 Å². The van der Waals surface area contributed by atoms with E-state index in [1.165, 1.54) is 7.11 Å². The Morgan fingerprint density at radius 2 is 1.81 bits per heavy atom. The molecular weight excluding hydrogens is 332 g/mol. The topological polar surface area (TPSA) is 69.7 Å². The van der Waals surface area contributed by atoms with E-state index in [0.29, 0.717) is 41.4 Å². The molecule has 4 saturated carbocycles. The van der Waals surface area contributed by atoms with Gasteiger partial charge >= 0.3 is 17.9 Å². The molecule has 11 unspecified atom stereocenters. The van der Waals surface area contributed by atoms with Crippen molar-refractivity contribution in [2.24, 2.45) is 64.6 Å². The fourth-order valence-corrected chi connectivity index (χ4v) is 8.49. The Kier molecular flexibility index (Phi) is 3.29. The number of hydrogen-bond acceptors (Lipinski definition) is 5. The average molecular weight is 360 g/mol. The number of hydrogen-bond donors (Lipinski definition) is 0. The zero-order valence-corrected chi connectivity index (χ0v) is 15.9. The van der Waals surface area contributed by atoms with E-state index in [0.717, 1.165) is 19.3 Å². The Balaban J connectivity index is 1.49. The van der Waals surface area contributed by atoms with Gasteiger partial charge in [0, 0.05) is 0 Å². The summed E-state index contributed by atoms with van der Waals surface area (Å²) in [5.41, 5.74) is -0.379. The van der Waals surface area contributed by atoms with Crippen molar-refractivity contribution in [3.63, 3.8) is 0 Å². The Morgan fingerprint density at radius 1 is 1.08 bits per heavy atom. The highest BCUT2D eigenvalue weighted by molar-refractivity contribution is 5.96. The summed E-state index contributed by atoms with van der Waals surface area (Å²) in [5, 5.41) is 0. The molecule has 1 saturated heterocycles. The average Bonchev–Trinajstić information content (AvgIpc) is 3.35. The molecule has 26 heavy (non-hydrogen) atoms. The van der Waals surface area contributed by atoms with Gasteiger partial charge in [-0.25, -0.2) is 0 Å². The highest BCUT2D eigenvalue weighted by Crippen LogP contribution is 2.75. The van der Waals surface area contributed by atoms with Crippen LogP contribution in [0.5, 0.6) is 0 Å². The SMILES string of the molecule is COC(=O)C1(C)CC2CC1C1C3CC(C(C)C3C3C(=O)OC(=O)C3C)C21. The molecule has 5 heteroatoms. The van der Waals surface area contributed by atoms with Crippen LogP contribution in [0.4, 0.5) is 0 Å². The Morgan fingerprint density at radius 3 is 2.42 bits per heavy atom. The maximum absolute atomic E-state index is 12.5. The molecule has 0 radical (unpaired) electrons. The third-order valence-electron chi connectivity index (χ3n) is 9.27. The molecule has 1 aliphatic heterocycles. The fraction of sp³-hybridized carbons (Fsp3) is 0.857. The normalized spacial score (nSPS) is 56.8. The quantitative estimate of drug-likeness (QED) is 0.430. The Bertz CT molecular complexity index is 701. The van der Waals surface area contributed by atoms with Crippen molar-refractivity contribution in [2.45, 2.75) is 40.0 Å². The smallest absolute Gasteiger partial charge is 0.317 e. The van der Waals surface area contributed by atoms with Gasteiger partial charge in [0.05, 0.1) is 24.4 Å². The van der Waals surface area contributed by atoms with Crippen LogP contribution in [-0.2, 0) is 23.9 Å². The van der Waals surface area contributed by atoms with E-state index in [1.807, 2.05) is 6.92 Å². The molecule has 0 aromatic heterocycles. The number of carbonyl (C=O) groups excluding carboxylic acids is 3. The van der Waals surface area contributed by atoms with Crippen LogP contribution in [0.15, 0.2) is 0 Å². The van der Waals surface area contributed by atoms with Gasteiger partial charge in [0.1, 0.15) is 0 Å². The van der Waals surface area contributed by atoms with Crippen molar-refractivity contribution in [1.82, 2.24) is 0 Å². The van der Waals surface area contributed by atoms with Crippen molar-refractivity contribution in [2.75, 3.05) is 7.11 Å². The molecule has 1 heterocycles. The molecule has 5 nitrogen and oxygen atoms in total. The standard InChI is InChI=1S/C21H28O5/c1-8-11-6-12(14(8)15-9(2)18(22)26-19(15)23)17-13-5-10(16(11)17)7-21(13,3)20(24)25-4/h8-17H,5-7H2,1-4H3. The van der Waals surface area contributed by atoms with Gasteiger partial charge in [-0.15, -0.1) is 0 Å². The molecule has 5 rings (SSSR count). The minimum Gasteiger partial charge on any atom is -0.469 e. The molecule has 0 spiro atoms. The lowest BCUT2D eigenvalue weighted by Crippen LogP contribution is -2.48. The molecule has 0 amide bonds. The summed E-state index contributed by atoms with van der Waals surface area (Å²) >= 11 is 0. The second-order valence-corrected chi connectivity index (χ2v) is 9.92. The van der Waals surface area contributed by atoms with Gasteiger partial charge < -0.3 is 9.47 Å². The maximum atomic E-state index is 12.5. The van der Waals surface area contributed by atoms with Crippen molar-refractivity contribution >= 4 is 17.9 Å². The molecule has 5 fully saturated rings. The number of cyclic esters (lactones) is 2. The van der Waals surface area contributed by atoms with Gasteiger partial charge in [0.15, 0.2) is 0 Å². The predicted octanol–water partition coefficient (Wildman–Crippen LogP) is 2.68. The first-order valence-corrected chi connectivity index (χ1v) is 10.1. The first-order chi connectivity index (χ1) is 12.3. The highest BCUT2D eigenvalue weighted by atomic mass is 16.6. The first kappa shape index (κ1) is 16.8. The fourth-order valence-electron chi connectivity index (χ4n) is 8.49. The summed E-state index contributed by atoms with van der Waals surface area (Å²) in [6.07, 6.45) is 3.22. The van der Waals surface area contributed by atoms with Gasteiger partial charge in [-0.05, 0) is 73.5 Å². The third kappa shape index (κ3) is 1.75. The van der Waals surface area contributed by atoms with Crippen LogP contribution in [0, 0.1) is 64.6 Å². The molecule has 4 aliphatic carbocycles. The zero-order valence-electron chi connectivity index (χ0n) is 15.9. The molecule has 0 aromatic carbocycles. The molecule has 0 N–H and O–H groups in total. The van der Waals surface area contributed by atoms with Gasteiger partial charge in [-0.1, -0.05) is 13.8 Å². The molecule has 142 valence electrons. The maximum Gasteiger partial charge on any atom is 0.317 e. The van der Waals surface area contributed by atoms with Crippen LogP contribution in [0.2, 0.25) is 0 Å². The van der Waals surface area contributed by atoms with Gasteiger partial charge in [0.25, 0.3) is 0 Å². The molecule has 5 aliphatic rings. The highest BCUT2D eigenvalue weighted by Gasteiger charge is 2.72. The lowest BCUT2D eigenvalue weighted by atomic mass is 9.55. The van der Waals surface area contributed by atoms with Crippen LogP contribution < -0.4 is 0 Å². The van der Waals surface area contributed by atoms with Crippen LogP contribution in [0.1, 0.15) is 40.0 Å². The number of carbonyl (C=O) groups is 3. The summed E-state index contributed by atoms with van der Waals surface area (Å²) in [4.78, 5) is 36.9. The number of methoxy groups -OCH3 is 1. The van der Waals surface area contributed by atoms with Crippen LogP contribution in [0.25, 0.3) is 0 Å². The largest absolute Gasteiger partial charge is 0.469 e. The first-order valence-electron chi connectivity index (χ1n) is 10.1. The minimum atomic E-state index is -0.379. The van der Waals surface area contributed by atoms with Crippen molar-refractivity contribution in [1.29, 1.82) is 0 Å². The summed E-state index contributed by atoms with van der Waals surface area (Å²) in [5.74, 6) is 2.52. The molecule has 11 atom stereocenters. The van der Waals surface area contributed by atoms with Crippen LogP contribution >= 0.6 is 0 Å². The minimum absolute atomic E-state index is 0.0698. The van der Waals surface area contributed by atoms with E-state index >= 15 is 0 Å². The van der Waals surface area contributed by atoms with E-state index in [1.54, 1.807) is 0 Å². The third-order valence-corrected chi connectivity index (χ3v) is 9.27. The lowest BCUT2D eigenvalue weighted by Gasteiger charge is -2.48. The second kappa shape index (κ2) is 5.11. The molecule has 0 aromatic rings. The van der Waals surface area contributed by atoms with E-state index in [2.05, 4.69) is 13.8 Å². The van der Waals surface area contributed by atoms with Crippen LogP contribution in [0.3, 0.4) is 0 Å². The summed E-state index contributed by atoms with van der Waals surface area (Å²) in [7, 11) is 1.49. The van der Waals surface area contributed by atoms with E-state index in [4.69, 9.17) is 9.47 Å². The monoisotopic (exact) mass is 360 g/mol. The number of fused-ring (bicyclic) bond motifs is 9. The summed E-state index contributed by atoms with van der Waals surface area (Å²) in [6, 6.07) is 0. The predicted molar refractivity (Wildman–Crippen MR) is 91.3 cm³/mol. The zero-order chi connectivity index (χ0) is 18.5. The lowest BCUT2D eigenvalue weighted by molar-refractivity contribution is -0.160. The van der Waals surface area contributed by atoms with Crippen molar-refractivity contribution in [3.8, 4) is 0 Å². The van der Waals surface area contributed by atoms with Gasteiger partial charge in [0.2, 0.25) is 0 Å². The van der Waals surface area contributed by atoms with E-state index < -0.39 is 0 Å². The molecular formula is C21H28O5. The number of ether oxygens (including phenoxy) is 2. The summed E-state index contributed by atoms with van der Waals surface area (Å²) in [6.45, 7) is 6.20. The van der Waals surface area contributed by atoms with Crippen LogP contribution in [-0.4, -0.2) is 25.0 Å². The number of rotatable bonds is 2. The van der Waals surface area contributed by atoms with Gasteiger partial charge in [-0.3, -0.25) is 14.4 Å². The second-order valence-electron chi connectivity index (χ2n) is 9.92.